The number of hydrogen-bond acceptors (Lipinski definition) is 4. The molecule has 0 unspecified atom stereocenters. The smallest absolute Gasteiger partial charge is 0.257 e. The summed E-state index contributed by atoms with van der Waals surface area (Å²) in [5, 5.41) is 7.37. The van der Waals surface area contributed by atoms with Crippen molar-refractivity contribution in [2.75, 3.05) is 26.2 Å². The van der Waals surface area contributed by atoms with Crippen LogP contribution in [0.25, 0.3) is 0 Å². The molecule has 0 aliphatic carbocycles. The fourth-order valence-corrected chi connectivity index (χ4v) is 2.43. The first-order valence-corrected chi connectivity index (χ1v) is 6.98. The zero-order valence-corrected chi connectivity index (χ0v) is 12.5. The van der Waals surface area contributed by atoms with E-state index in [0.717, 1.165) is 6.42 Å². The molecule has 0 spiro atoms. The average molecular weight is 317 g/mol. The van der Waals surface area contributed by atoms with E-state index in [2.05, 4.69) is 10.2 Å². The summed E-state index contributed by atoms with van der Waals surface area (Å²) in [5.74, 6) is -0.219. The summed E-state index contributed by atoms with van der Waals surface area (Å²) in [6.07, 6.45) is 0.731. The maximum atomic E-state index is 12.4. The molecule has 1 fully saturated rings. The van der Waals surface area contributed by atoms with Crippen molar-refractivity contribution in [3.8, 4) is 0 Å². The molecule has 2 rings (SSSR count). The van der Waals surface area contributed by atoms with Gasteiger partial charge in [0.1, 0.15) is 0 Å². The molecule has 1 aliphatic rings. The maximum Gasteiger partial charge on any atom is 0.257 e. The van der Waals surface area contributed by atoms with E-state index in [1.54, 1.807) is 9.80 Å². The minimum absolute atomic E-state index is 0.0194. The summed E-state index contributed by atoms with van der Waals surface area (Å²) in [6, 6.07) is 1.41. The van der Waals surface area contributed by atoms with Crippen LogP contribution < -0.4 is 0 Å². The summed E-state index contributed by atoms with van der Waals surface area (Å²) < 4.78 is 0. The average Bonchev–Trinajstić information content (AvgIpc) is 2.66. The quantitative estimate of drug-likeness (QED) is 0.787. The lowest BCUT2D eigenvalue weighted by atomic mass is 10.2. The second-order valence-electron chi connectivity index (χ2n) is 4.52. The van der Waals surface area contributed by atoms with Crippen molar-refractivity contribution < 1.29 is 9.59 Å². The molecule has 8 heteroatoms. The number of nitrogens with zero attached hydrogens (tertiary/aromatic N) is 4. The second kappa shape index (κ2) is 6.37. The van der Waals surface area contributed by atoms with Gasteiger partial charge in [-0.05, 0) is 12.5 Å². The summed E-state index contributed by atoms with van der Waals surface area (Å²) in [5.41, 5.74) is 0.239. The Balaban J connectivity index is 2.13. The molecule has 20 heavy (non-hydrogen) atoms. The largest absolute Gasteiger partial charge is 0.341 e. The van der Waals surface area contributed by atoms with Crippen LogP contribution in [-0.2, 0) is 4.79 Å². The number of halogens is 2. The van der Waals surface area contributed by atoms with Crippen molar-refractivity contribution in [1.82, 2.24) is 20.0 Å². The van der Waals surface area contributed by atoms with E-state index < -0.39 is 0 Å². The molecule has 1 saturated heterocycles. The Morgan fingerprint density at radius 1 is 1.10 bits per heavy atom. The highest BCUT2D eigenvalue weighted by Gasteiger charge is 2.23. The number of rotatable bonds is 1. The van der Waals surface area contributed by atoms with Crippen molar-refractivity contribution >= 4 is 35.0 Å². The summed E-state index contributed by atoms with van der Waals surface area (Å²) in [7, 11) is 0. The lowest BCUT2D eigenvalue weighted by Crippen LogP contribution is -2.36. The molecule has 0 radical (unpaired) electrons. The zero-order chi connectivity index (χ0) is 14.7. The maximum absolute atomic E-state index is 12.4. The second-order valence-corrected chi connectivity index (χ2v) is 5.27. The van der Waals surface area contributed by atoms with E-state index in [-0.39, 0.29) is 27.7 Å². The summed E-state index contributed by atoms with van der Waals surface area (Å²) in [6.45, 7) is 3.74. The Bertz CT molecular complexity index is 538. The monoisotopic (exact) mass is 316 g/mol. The van der Waals surface area contributed by atoms with Gasteiger partial charge in [-0.25, -0.2) is 0 Å². The van der Waals surface area contributed by atoms with Gasteiger partial charge in [0.15, 0.2) is 10.3 Å². The lowest BCUT2D eigenvalue weighted by Gasteiger charge is -2.21. The molecule has 108 valence electrons. The predicted molar refractivity (Wildman–Crippen MR) is 74.8 cm³/mol. The molecule has 0 aromatic carbocycles. The molecule has 1 aliphatic heterocycles. The van der Waals surface area contributed by atoms with Crippen LogP contribution in [0.5, 0.6) is 0 Å². The molecule has 6 nitrogen and oxygen atoms in total. The van der Waals surface area contributed by atoms with E-state index in [0.29, 0.717) is 26.2 Å². The third-order valence-electron chi connectivity index (χ3n) is 3.18. The Kier molecular flexibility index (Phi) is 4.77. The third-order valence-corrected chi connectivity index (χ3v) is 3.64. The highest BCUT2D eigenvalue weighted by molar-refractivity contribution is 6.34. The molecular formula is C12H14Cl2N4O2. The highest BCUT2D eigenvalue weighted by Crippen LogP contribution is 2.18. The number of aromatic nitrogens is 2. The predicted octanol–water partition coefficient (Wildman–Crippen LogP) is 1.48. The third kappa shape index (κ3) is 3.37. The first-order valence-electron chi connectivity index (χ1n) is 6.22. The van der Waals surface area contributed by atoms with Gasteiger partial charge in [0.25, 0.3) is 5.91 Å². The van der Waals surface area contributed by atoms with Gasteiger partial charge in [0, 0.05) is 33.1 Å². The molecule has 1 aromatic heterocycles. The van der Waals surface area contributed by atoms with E-state index in [9.17, 15) is 9.59 Å². The Labute approximate surface area is 126 Å². The Hall–Kier alpha value is -1.40. The van der Waals surface area contributed by atoms with E-state index in [4.69, 9.17) is 23.2 Å². The van der Waals surface area contributed by atoms with Crippen LogP contribution in [0.3, 0.4) is 0 Å². The van der Waals surface area contributed by atoms with Gasteiger partial charge >= 0.3 is 0 Å². The molecular weight excluding hydrogens is 303 g/mol. The van der Waals surface area contributed by atoms with E-state index in [1.165, 1.54) is 13.0 Å². The molecule has 1 aromatic rings. The number of carbonyl (C=O) groups is 2. The van der Waals surface area contributed by atoms with Crippen LogP contribution in [0.4, 0.5) is 0 Å². The number of carbonyl (C=O) groups excluding carboxylic acids is 2. The van der Waals surface area contributed by atoms with Crippen LogP contribution in [0, 0.1) is 0 Å². The van der Waals surface area contributed by atoms with Crippen molar-refractivity contribution in [3.63, 3.8) is 0 Å². The van der Waals surface area contributed by atoms with Crippen LogP contribution in [0.15, 0.2) is 6.07 Å². The summed E-state index contributed by atoms with van der Waals surface area (Å²) in [4.78, 5) is 27.2. The van der Waals surface area contributed by atoms with Gasteiger partial charge in [-0.3, -0.25) is 9.59 Å². The van der Waals surface area contributed by atoms with Crippen LogP contribution >= 0.6 is 23.2 Å². The zero-order valence-electron chi connectivity index (χ0n) is 11.0. The number of amides is 2. The van der Waals surface area contributed by atoms with E-state index >= 15 is 0 Å². The van der Waals surface area contributed by atoms with Crippen LogP contribution in [0.2, 0.25) is 10.3 Å². The van der Waals surface area contributed by atoms with Crippen molar-refractivity contribution in [1.29, 1.82) is 0 Å². The standard InChI is InChI=1S/C12H14Cl2N4O2/c1-8(19)17-3-2-4-18(6-5-17)12(20)9-7-10(13)15-16-11(9)14/h7H,2-6H2,1H3. The molecule has 0 saturated carbocycles. The fourth-order valence-electron chi connectivity index (χ4n) is 2.11. The SMILES string of the molecule is CC(=O)N1CCCN(C(=O)c2cc(Cl)nnc2Cl)CC1. The van der Waals surface area contributed by atoms with Crippen LogP contribution in [0.1, 0.15) is 23.7 Å². The van der Waals surface area contributed by atoms with Crippen molar-refractivity contribution in [3.05, 3.63) is 21.9 Å². The Morgan fingerprint density at radius 2 is 1.75 bits per heavy atom. The normalized spacial score (nSPS) is 15.9. The molecule has 0 N–H and O–H groups in total. The van der Waals surface area contributed by atoms with Gasteiger partial charge in [0.2, 0.25) is 5.91 Å². The van der Waals surface area contributed by atoms with Crippen molar-refractivity contribution in [2.45, 2.75) is 13.3 Å². The lowest BCUT2D eigenvalue weighted by molar-refractivity contribution is -0.128. The molecule has 2 heterocycles. The van der Waals surface area contributed by atoms with Gasteiger partial charge in [-0.15, -0.1) is 10.2 Å². The Morgan fingerprint density at radius 3 is 2.45 bits per heavy atom. The highest BCUT2D eigenvalue weighted by atomic mass is 35.5. The molecule has 0 bridgehead atoms. The first kappa shape index (κ1) is 15.0. The fraction of sp³-hybridized carbons (Fsp3) is 0.500. The topological polar surface area (TPSA) is 66.4 Å². The molecule has 2 amide bonds. The van der Waals surface area contributed by atoms with Gasteiger partial charge < -0.3 is 9.80 Å². The van der Waals surface area contributed by atoms with Crippen LogP contribution in [-0.4, -0.2) is 58.0 Å². The van der Waals surface area contributed by atoms with Crippen molar-refractivity contribution in [2.24, 2.45) is 0 Å². The minimum atomic E-state index is -0.239. The first-order chi connectivity index (χ1) is 9.49. The minimum Gasteiger partial charge on any atom is -0.341 e. The van der Waals surface area contributed by atoms with Gasteiger partial charge in [-0.1, -0.05) is 23.2 Å². The summed E-state index contributed by atoms with van der Waals surface area (Å²) >= 11 is 11.6. The van der Waals surface area contributed by atoms with Gasteiger partial charge in [-0.2, -0.15) is 0 Å². The van der Waals surface area contributed by atoms with E-state index in [1.807, 2.05) is 0 Å². The van der Waals surface area contributed by atoms with Gasteiger partial charge in [0.05, 0.1) is 5.56 Å². The molecule has 0 atom stereocenters. The number of hydrogen-bond donors (Lipinski definition) is 0.